The maximum absolute atomic E-state index is 5.91. The summed E-state index contributed by atoms with van der Waals surface area (Å²) in [6.45, 7) is 52.8. The highest BCUT2D eigenvalue weighted by Gasteiger charge is 2.19. The van der Waals surface area contributed by atoms with Gasteiger partial charge >= 0.3 is 0 Å². The summed E-state index contributed by atoms with van der Waals surface area (Å²) in [6.07, 6.45) is 3.31. The predicted molar refractivity (Wildman–Crippen MR) is 432 cm³/mol. The van der Waals surface area contributed by atoms with E-state index in [1.54, 1.807) is 0 Å². The smallest absolute Gasteiger partial charge is 0.137 e. The molecule has 2 aromatic heterocycles. The van der Waals surface area contributed by atoms with Gasteiger partial charge in [-0.05, 0) is 150 Å². The van der Waals surface area contributed by atoms with Crippen molar-refractivity contribution in [1.82, 2.24) is 0 Å². The van der Waals surface area contributed by atoms with Crippen molar-refractivity contribution in [3.05, 3.63) is 264 Å². The lowest BCUT2D eigenvalue weighted by atomic mass is 10.1. The molecule has 0 N–H and O–H groups in total. The zero-order valence-electron chi connectivity index (χ0n) is 63.6. The Morgan fingerprint density at radius 2 is 0.411 bits per heavy atom. The van der Waals surface area contributed by atoms with Gasteiger partial charge in [0.2, 0.25) is 0 Å². The molecular weight excluding hydrogens is 1150 g/mol. The van der Waals surface area contributed by atoms with Crippen molar-refractivity contribution < 1.29 is 8.83 Å². The second-order valence-electron chi connectivity index (χ2n) is 19.3. The molecule has 0 fully saturated rings. The third-order valence-corrected chi connectivity index (χ3v) is 15.1. The molecule has 4 nitrogen and oxygen atoms in total. The van der Waals surface area contributed by atoms with Crippen molar-refractivity contribution in [1.29, 1.82) is 0 Å². The van der Waals surface area contributed by atoms with Crippen LogP contribution in [-0.4, -0.2) is 26.2 Å². The third kappa shape index (κ3) is 22.2. The van der Waals surface area contributed by atoms with Gasteiger partial charge in [-0.3, -0.25) is 0 Å². The molecule has 3 aliphatic carbocycles. The number of nitrogens with zero attached hydrogens (tertiary/aromatic N) is 2. The molecule has 0 saturated carbocycles. The average molecular weight is 1280 g/mol. The number of hydrogen-bond donors (Lipinski definition) is 0. The second kappa shape index (κ2) is 49.9. The zero-order chi connectivity index (χ0) is 71.1. The Labute approximate surface area is 579 Å². The molecule has 0 amide bonds. The number of rotatable bonds is 6. The van der Waals surface area contributed by atoms with Gasteiger partial charge in [-0.15, -0.1) is 0 Å². The maximum atomic E-state index is 5.91. The number of furan rings is 2. The zero-order valence-corrected chi connectivity index (χ0v) is 63.6. The van der Waals surface area contributed by atoms with Crippen LogP contribution < -0.4 is 9.80 Å². The summed E-state index contributed by atoms with van der Waals surface area (Å²) < 4.78 is 11.8. The lowest BCUT2D eigenvalue weighted by Gasteiger charge is -2.21. The van der Waals surface area contributed by atoms with Crippen LogP contribution in [0, 0.1) is 0 Å². The first-order valence-electron chi connectivity index (χ1n) is 36.8. The Balaban J connectivity index is 0.000000558. The Morgan fingerprint density at radius 3 is 0.632 bits per heavy atom. The van der Waals surface area contributed by atoms with Crippen molar-refractivity contribution >= 4 is 55.3 Å². The maximum Gasteiger partial charge on any atom is 0.137 e. The van der Waals surface area contributed by atoms with Gasteiger partial charge < -0.3 is 18.6 Å². The van der Waals surface area contributed by atoms with Crippen molar-refractivity contribution in [3.63, 3.8) is 0 Å². The van der Waals surface area contributed by atoms with E-state index in [1.165, 1.54) is 99.7 Å². The molecule has 3 aliphatic rings. The summed E-state index contributed by atoms with van der Waals surface area (Å²) in [5.74, 6) is 0. The number of anilines is 2. The van der Waals surface area contributed by atoms with Crippen LogP contribution in [0.4, 0.5) is 11.4 Å². The highest BCUT2D eigenvalue weighted by Crippen LogP contribution is 2.40. The number of fused-ring (bicyclic) bond motifs is 15. The van der Waals surface area contributed by atoms with Gasteiger partial charge in [0.05, 0.1) is 10.8 Å². The molecular formula is C91H124N2O2. The van der Waals surface area contributed by atoms with E-state index in [0.29, 0.717) is 0 Å². The van der Waals surface area contributed by atoms with E-state index in [0.717, 1.165) is 67.8 Å². The minimum Gasteiger partial charge on any atom is -0.456 e. The SMILES string of the molecule is CC.CC.CC.CC.CC.CC.CC.CC.CC.CC.CCN(CC)c1cccc2oc3ccccc3c12.CCN(CC)c1cccc2oc3ccccc3c12.c1ccc2c(c1)Cc1ccccc1-2.c1ccc2c(c1)Cc1ccccc1-2.c1ccc2c(c1)Cc1ccccc1-2. The van der Waals surface area contributed by atoms with Crippen molar-refractivity contribution in [2.75, 3.05) is 36.0 Å². The molecule has 0 saturated heterocycles. The van der Waals surface area contributed by atoms with Crippen LogP contribution in [0.3, 0.4) is 0 Å². The first kappa shape index (κ1) is 84.4. The number of benzene rings is 10. The Kier molecular flexibility index (Phi) is 44.3. The van der Waals surface area contributed by atoms with Crippen molar-refractivity contribution in [3.8, 4) is 33.4 Å². The number of para-hydroxylation sites is 2. The minimum atomic E-state index is 0.965. The Morgan fingerprint density at radius 1 is 0.221 bits per heavy atom. The molecule has 10 aromatic carbocycles. The van der Waals surface area contributed by atoms with E-state index in [1.807, 2.05) is 175 Å². The van der Waals surface area contributed by atoms with Gasteiger partial charge in [-0.1, -0.05) is 333 Å². The largest absolute Gasteiger partial charge is 0.456 e. The van der Waals surface area contributed by atoms with Crippen LogP contribution in [0.1, 0.15) is 200 Å². The van der Waals surface area contributed by atoms with Crippen LogP contribution in [0.25, 0.3) is 77.3 Å². The van der Waals surface area contributed by atoms with E-state index < -0.39 is 0 Å². The van der Waals surface area contributed by atoms with Crippen LogP contribution in [0.15, 0.2) is 239 Å². The molecule has 12 aromatic rings. The summed E-state index contributed by atoms with van der Waals surface area (Å²) in [5, 5.41) is 4.87. The van der Waals surface area contributed by atoms with Crippen LogP contribution >= 0.6 is 0 Å². The summed E-state index contributed by atoms with van der Waals surface area (Å²) in [7, 11) is 0. The summed E-state index contributed by atoms with van der Waals surface area (Å²) in [5.41, 5.74) is 23.7. The summed E-state index contributed by atoms with van der Waals surface area (Å²) in [6, 6.07) is 81.0. The minimum absolute atomic E-state index is 0.965. The molecule has 15 rings (SSSR count). The van der Waals surface area contributed by atoms with E-state index in [2.05, 4.69) is 232 Å². The predicted octanol–water partition coefficient (Wildman–Crippen LogP) is 28.9. The second-order valence-corrected chi connectivity index (χ2v) is 19.3. The molecule has 95 heavy (non-hydrogen) atoms. The van der Waals surface area contributed by atoms with E-state index in [4.69, 9.17) is 8.83 Å². The molecule has 0 atom stereocenters. The Bertz CT molecular complexity index is 3440. The van der Waals surface area contributed by atoms with Gasteiger partial charge in [0, 0.05) is 48.3 Å². The fourth-order valence-electron chi connectivity index (χ4n) is 11.4. The molecule has 0 aliphatic heterocycles. The normalized spacial score (nSPS) is 9.94. The topological polar surface area (TPSA) is 32.8 Å². The van der Waals surface area contributed by atoms with Crippen molar-refractivity contribution in [2.45, 2.75) is 185 Å². The van der Waals surface area contributed by atoms with Gasteiger partial charge in [0.25, 0.3) is 0 Å². The van der Waals surface area contributed by atoms with Crippen LogP contribution in [0.2, 0.25) is 0 Å². The quantitative estimate of drug-likeness (QED) is 0.166. The molecule has 0 radical (unpaired) electrons. The lowest BCUT2D eigenvalue weighted by molar-refractivity contribution is 0.668. The summed E-state index contributed by atoms with van der Waals surface area (Å²) in [4.78, 5) is 4.73. The molecule has 0 unspecified atom stereocenters. The fourth-order valence-corrected chi connectivity index (χ4v) is 11.4. The first-order chi connectivity index (χ1) is 47.0. The molecule has 510 valence electrons. The van der Waals surface area contributed by atoms with E-state index in [-0.39, 0.29) is 0 Å². The Hall–Kier alpha value is -8.60. The number of hydrogen-bond acceptors (Lipinski definition) is 4. The van der Waals surface area contributed by atoms with E-state index in [9.17, 15) is 0 Å². The van der Waals surface area contributed by atoms with Gasteiger partial charge in [0.15, 0.2) is 0 Å². The van der Waals surface area contributed by atoms with Crippen molar-refractivity contribution in [2.24, 2.45) is 0 Å². The molecule has 2 heterocycles. The van der Waals surface area contributed by atoms with Crippen LogP contribution in [0.5, 0.6) is 0 Å². The van der Waals surface area contributed by atoms with Gasteiger partial charge in [-0.25, -0.2) is 0 Å². The fraction of sp³-hybridized carbons (Fsp3) is 0.341. The molecule has 4 heteroatoms. The van der Waals surface area contributed by atoms with Gasteiger partial charge in [-0.2, -0.15) is 0 Å². The van der Waals surface area contributed by atoms with E-state index >= 15 is 0 Å². The molecule has 0 bridgehead atoms. The highest BCUT2D eigenvalue weighted by atomic mass is 16.3. The third-order valence-electron chi connectivity index (χ3n) is 15.1. The van der Waals surface area contributed by atoms with Gasteiger partial charge in [0.1, 0.15) is 22.3 Å². The highest BCUT2D eigenvalue weighted by molar-refractivity contribution is 6.12. The monoisotopic (exact) mass is 1280 g/mol. The van der Waals surface area contributed by atoms with Crippen LogP contribution in [-0.2, 0) is 19.3 Å². The average Bonchev–Trinajstić information content (AvgIpc) is 1.83. The standard InChI is InChI=1S/2C16H17NO.3C13H10.10C2H6/c2*1-3-17(4-2)13-9-7-11-15-16(13)12-8-5-6-10-14(12)18-15;3*1-3-7-12-10(5-1)9-11-6-2-4-8-13(11)12;10*1-2/h2*5-11H,3-4H2,1-2H3;3*1-8H,9H2;10*1-2H3. The first-order valence-corrected chi connectivity index (χ1v) is 36.8. The molecule has 0 spiro atoms. The summed E-state index contributed by atoms with van der Waals surface area (Å²) >= 11 is 0. The lowest BCUT2D eigenvalue weighted by Crippen LogP contribution is -2.21.